The maximum absolute atomic E-state index is 12.8. The van der Waals surface area contributed by atoms with Gasteiger partial charge in [0.1, 0.15) is 0 Å². The molecule has 0 fully saturated rings. The first-order chi connectivity index (χ1) is 12.4. The fourth-order valence-corrected chi connectivity index (χ4v) is 4.84. The van der Waals surface area contributed by atoms with E-state index >= 15 is 0 Å². The second kappa shape index (κ2) is 7.50. The number of anilines is 2. The Bertz CT molecular complexity index is 922. The minimum absolute atomic E-state index is 0.0612. The largest absolute Gasteiger partial charge is 0.326 e. The molecule has 0 unspecified atom stereocenters. The van der Waals surface area contributed by atoms with Gasteiger partial charge in [0.15, 0.2) is 0 Å². The maximum Gasteiger partial charge on any atom is 0.235 e. The number of hydrogen-bond donors (Lipinski definition) is 1. The predicted molar refractivity (Wildman–Crippen MR) is 105 cm³/mol. The minimum atomic E-state index is -3.53. The summed E-state index contributed by atoms with van der Waals surface area (Å²) in [4.78, 5) is 12.2. The first kappa shape index (κ1) is 18.5. The van der Waals surface area contributed by atoms with Crippen LogP contribution in [0.1, 0.15) is 29.5 Å². The average Bonchev–Trinajstić information content (AvgIpc) is 2.62. The summed E-state index contributed by atoms with van der Waals surface area (Å²) in [5.41, 5.74) is 4.59. The van der Waals surface area contributed by atoms with Gasteiger partial charge < -0.3 is 5.32 Å². The fourth-order valence-electron chi connectivity index (χ4n) is 3.29. The van der Waals surface area contributed by atoms with Crippen molar-refractivity contribution < 1.29 is 13.2 Å². The Balaban J connectivity index is 1.66. The highest BCUT2D eigenvalue weighted by Crippen LogP contribution is 2.29. The molecule has 1 heterocycles. The molecule has 5 nitrogen and oxygen atoms in total. The molecule has 0 saturated carbocycles. The molecule has 1 aliphatic heterocycles. The van der Waals surface area contributed by atoms with Crippen LogP contribution >= 0.6 is 0 Å². The summed E-state index contributed by atoms with van der Waals surface area (Å²) in [5, 5.41) is 2.81. The van der Waals surface area contributed by atoms with Gasteiger partial charge in [-0.2, -0.15) is 0 Å². The van der Waals surface area contributed by atoms with Crippen molar-refractivity contribution in [3.63, 3.8) is 0 Å². The highest BCUT2D eigenvalue weighted by Gasteiger charge is 2.27. The number of nitrogens with one attached hydrogen (secondary N) is 1. The number of nitrogens with zero attached hydrogens (tertiary/aromatic N) is 1. The van der Waals surface area contributed by atoms with E-state index in [1.165, 1.54) is 4.31 Å². The van der Waals surface area contributed by atoms with Crippen LogP contribution in [0.5, 0.6) is 0 Å². The van der Waals surface area contributed by atoms with Crippen LogP contribution in [-0.2, 0) is 21.2 Å². The maximum atomic E-state index is 12.8. The van der Waals surface area contributed by atoms with Crippen LogP contribution in [0.15, 0.2) is 42.5 Å². The molecule has 0 aromatic heterocycles. The number of hydrogen-bond acceptors (Lipinski definition) is 3. The van der Waals surface area contributed by atoms with Crippen LogP contribution in [0.4, 0.5) is 11.4 Å². The van der Waals surface area contributed by atoms with Gasteiger partial charge in [-0.25, -0.2) is 8.42 Å². The highest BCUT2D eigenvalue weighted by molar-refractivity contribution is 7.92. The van der Waals surface area contributed by atoms with Crippen LogP contribution in [-0.4, -0.2) is 26.6 Å². The van der Waals surface area contributed by atoms with Gasteiger partial charge in [0.25, 0.3) is 0 Å². The molecule has 6 heteroatoms. The van der Waals surface area contributed by atoms with Gasteiger partial charge in [0.05, 0.1) is 11.4 Å². The summed E-state index contributed by atoms with van der Waals surface area (Å²) in [6.45, 7) is 4.38. The van der Waals surface area contributed by atoms with E-state index in [9.17, 15) is 13.2 Å². The van der Waals surface area contributed by atoms with Crippen molar-refractivity contribution in [2.75, 3.05) is 21.9 Å². The van der Waals surface area contributed by atoms with Crippen LogP contribution < -0.4 is 9.62 Å². The summed E-state index contributed by atoms with van der Waals surface area (Å²) in [5.74, 6) is -0.483. The molecule has 138 valence electrons. The summed E-state index contributed by atoms with van der Waals surface area (Å²) < 4.78 is 27.0. The van der Waals surface area contributed by atoms with Gasteiger partial charge in [-0.15, -0.1) is 0 Å². The molecule has 0 aliphatic carbocycles. The SMILES string of the molecule is Cc1ccc(NC(=O)CCS(=O)(=O)N2CCCc3ccccc32)c(C)c1. The van der Waals surface area contributed by atoms with E-state index < -0.39 is 10.0 Å². The lowest BCUT2D eigenvalue weighted by Gasteiger charge is -2.30. The number of rotatable bonds is 5. The zero-order chi connectivity index (χ0) is 18.7. The Hall–Kier alpha value is -2.34. The Morgan fingerprint density at radius 2 is 1.92 bits per heavy atom. The van der Waals surface area contributed by atoms with Crippen molar-refractivity contribution in [2.24, 2.45) is 0 Å². The third-order valence-corrected chi connectivity index (χ3v) is 6.42. The van der Waals surface area contributed by atoms with Crippen molar-refractivity contribution in [1.82, 2.24) is 0 Å². The van der Waals surface area contributed by atoms with Gasteiger partial charge in [0.2, 0.25) is 15.9 Å². The Morgan fingerprint density at radius 1 is 1.15 bits per heavy atom. The molecular formula is C20H24N2O3S. The summed E-state index contributed by atoms with van der Waals surface area (Å²) in [6, 6.07) is 13.3. The van der Waals surface area contributed by atoms with Crippen LogP contribution in [0.3, 0.4) is 0 Å². The molecule has 2 aromatic rings. The number of sulfonamides is 1. The highest BCUT2D eigenvalue weighted by atomic mass is 32.2. The van der Waals surface area contributed by atoms with Crippen molar-refractivity contribution in [1.29, 1.82) is 0 Å². The number of para-hydroxylation sites is 1. The van der Waals surface area contributed by atoms with Crippen molar-refractivity contribution in [3.8, 4) is 0 Å². The van der Waals surface area contributed by atoms with Crippen LogP contribution in [0, 0.1) is 13.8 Å². The average molecular weight is 372 g/mol. The molecule has 0 atom stereocenters. The number of benzene rings is 2. The molecule has 1 amide bonds. The van der Waals surface area contributed by atoms with Crippen LogP contribution in [0.2, 0.25) is 0 Å². The van der Waals surface area contributed by atoms with E-state index in [1.54, 1.807) is 0 Å². The van der Waals surface area contributed by atoms with Gasteiger partial charge >= 0.3 is 0 Å². The lowest BCUT2D eigenvalue weighted by atomic mass is 10.0. The summed E-state index contributed by atoms with van der Waals surface area (Å²) in [6.07, 6.45) is 1.62. The quantitative estimate of drug-likeness (QED) is 0.875. The third-order valence-electron chi connectivity index (χ3n) is 4.65. The summed E-state index contributed by atoms with van der Waals surface area (Å²) >= 11 is 0. The van der Waals surface area contributed by atoms with Gasteiger partial charge in [-0.05, 0) is 49.9 Å². The first-order valence-electron chi connectivity index (χ1n) is 8.82. The molecule has 0 spiro atoms. The third kappa shape index (κ3) is 4.07. The van der Waals surface area contributed by atoms with Gasteiger partial charge in [0, 0.05) is 18.7 Å². The monoisotopic (exact) mass is 372 g/mol. The molecule has 1 aliphatic rings. The van der Waals surface area contributed by atoms with Gasteiger partial charge in [-0.3, -0.25) is 9.10 Å². The topological polar surface area (TPSA) is 66.5 Å². The van der Waals surface area contributed by atoms with E-state index in [0.717, 1.165) is 40.9 Å². The summed E-state index contributed by atoms with van der Waals surface area (Å²) in [7, 11) is -3.53. The van der Waals surface area contributed by atoms with Gasteiger partial charge in [-0.1, -0.05) is 35.9 Å². The molecule has 0 saturated heterocycles. The molecule has 0 bridgehead atoms. The minimum Gasteiger partial charge on any atom is -0.326 e. The van der Waals surface area contributed by atoms with Crippen molar-refractivity contribution in [3.05, 3.63) is 59.2 Å². The van der Waals surface area contributed by atoms with E-state index in [1.807, 2.05) is 56.3 Å². The zero-order valence-corrected chi connectivity index (χ0v) is 16.0. The van der Waals surface area contributed by atoms with Crippen LogP contribution in [0.25, 0.3) is 0 Å². The number of amides is 1. The fraction of sp³-hybridized carbons (Fsp3) is 0.350. The van der Waals surface area contributed by atoms with Crippen molar-refractivity contribution >= 4 is 27.3 Å². The normalized spacial score (nSPS) is 14.0. The molecule has 2 aromatic carbocycles. The second-order valence-corrected chi connectivity index (χ2v) is 8.75. The number of carbonyl (C=O) groups is 1. The molecule has 3 rings (SSSR count). The van der Waals surface area contributed by atoms with E-state index in [2.05, 4.69) is 5.32 Å². The molecule has 26 heavy (non-hydrogen) atoms. The van der Waals surface area contributed by atoms with E-state index in [0.29, 0.717) is 6.54 Å². The molecule has 0 radical (unpaired) electrons. The predicted octanol–water partition coefficient (Wildman–Crippen LogP) is 3.41. The lowest BCUT2D eigenvalue weighted by Crippen LogP contribution is -2.37. The number of aryl methyl sites for hydroxylation is 3. The number of fused-ring (bicyclic) bond motifs is 1. The Labute approximate surface area is 155 Å². The smallest absolute Gasteiger partial charge is 0.235 e. The van der Waals surface area contributed by atoms with Crippen molar-refractivity contribution in [2.45, 2.75) is 33.1 Å². The number of carbonyl (C=O) groups excluding carboxylic acids is 1. The second-order valence-electron chi connectivity index (χ2n) is 6.74. The Morgan fingerprint density at radius 3 is 2.69 bits per heavy atom. The standard InChI is InChI=1S/C20H24N2O3S/c1-15-9-10-18(16(2)14-15)21-20(23)11-13-26(24,25)22-12-5-7-17-6-3-4-8-19(17)22/h3-4,6,8-10,14H,5,7,11-13H2,1-2H3,(H,21,23). The van der Waals surface area contributed by atoms with E-state index in [-0.39, 0.29) is 18.1 Å². The molecular weight excluding hydrogens is 348 g/mol. The Kier molecular flexibility index (Phi) is 5.32. The molecule has 1 N–H and O–H groups in total. The lowest BCUT2D eigenvalue weighted by molar-refractivity contribution is -0.115. The van der Waals surface area contributed by atoms with E-state index in [4.69, 9.17) is 0 Å². The first-order valence-corrected chi connectivity index (χ1v) is 10.4. The zero-order valence-electron chi connectivity index (χ0n) is 15.2.